The van der Waals surface area contributed by atoms with Gasteiger partial charge in [-0.1, -0.05) is 12.1 Å². The van der Waals surface area contributed by atoms with Crippen molar-refractivity contribution >= 4 is 11.8 Å². The second-order valence-electron chi connectivity index (χ2n) is 4.53. The fraction of sp³-hybridized carbons (Fsp3) is 0.385. The molecule has 0 aliphatic carbocycles. The SMILES string of the molecule is CN(C)CCCc1cccc2c1C(=O)NC2=O. The Labute approximate surface area is 101 Å². The smallest absolute Gasteiger partial charge is 0.259 e. The molecule has 2 rings (SSSR count). The average Bonchev–Trinajstić information content (AvgIpc) is 2.55. The van der Waals surface area contributed by atoms with Crippen LogP contribution in [0.4, 0.5) is 0 Å². The topological polar surface area (TPSA) is 49.4 Å². The van der Waals surface area contributed by atoms with Crippen molar-refractivity contribution in [3.63, 3.8) is 0 Å². The summed E-state index contributed by atoms with van der Waals surface area (Å²) in [5.74, 6) is -0.537. The zero-order chi connectivity index (χ0) is 12.4. The average molecular weight is 232 g/mol. The zero-order valence-electron chi connectivity index (χ0n) is 10.1. The minimum Gasteiger partial charge on any atom is -0.309 e. The third-order valence-corrected chi connectivity index (χ3v) is 2.90. The maximum absolute atomic E-state index is 11.7. The van der Waals surface area contributed by atoms with E-state index in [4.69, 9.17) is 0 Å². The number of fused-ring (bicyclic) bond motifs is 1. The van der Waals surface area contributed by atoms with Gasteiger partial charge in [-0.15, -0.1) is 0 Å². The van der Waals surface area contributed by atoms with Gasteiger partial charge in [-0.05, 0) is 45.1 Å². The van der Waals surface area contributed by atoms with Crippen molar-refractivity contribution in [2.75, 3.05) is 20.6 Å². The highest BCUT2D eigenvalue weighted by atomic mass is 16.2. The Morgan fingerprint density at radius 1 is 1.18 bits per heavy atom. The molecule has 0 fully saturated rings. The molecule has 0 aromatic heterocycles. The van der Waals surface area contributed by atoms with Crippen LogP contribution in [0.2, 0.25) is 0 Å². The molecule has 0 atom stereocenters. The Morgan fingerprint density at radius 2 is 1.94 bits per heavy atom. The molecule has 90 valence electrons. The molecule has 1 N–H and O–H groups in total. The van der Waals surface area contributed by atoms with Crippen molar-refractivity contribution in [3.8, 4) is 0 Å². The molecule has 0 saturated heterocycles. The molecule has 17 heavy (non-hydrogen) atoms. The van der Waals surface area contributed by atoms with Gasteiger partial charge in [0.2, 0.25) is 0 Å². The number of aryl methyl sites for hydroxylation is 1. The van der Waals surface area contributed by atoms with Crippen molar-refractivity contribution in [2.45, 2.75) is 12.8 Å². The lowest BCUT2D eigenvalue weighted by molar-refractivity contribution is 0.0879. The normalized spacial score (nSPS) is 14.1. The van der Waals surface area contributed by atoms with E-state index < -0.39 is 0 Å². The summed E-state index contributed by atoms with van der Waals surface area (Å²) in [6.07, 6.45) is 1.80. The summed E-state index contributed by atoms with van der Waals surface area (Å²) in [6.45, 7) is 0.971. The van der Waals surface area contributed by atoms with E-state index in [1.54, 1.807) is 6.07 Å². The number of hydrogen-bond donors (Lipinski definition) is 1. The molecule has 4 heteroatoms. The van der Waals surface area contributed by atoms with E-state index in [-0.39, 0.29) is 11.8 Å². The summed E-state index contributed by atoms with van der Waals surface area (Å²) in [7, 11) is 4.04. The van der Waals surface area contributed by atoms with Gasteiger partial charge < -0.3 is 4.90 Å². The number of carbonyl (C=O) groups excluding carboxylic acids is 2. The molecule has 1 heterocycles. The largest absolute Gasteiger partial charge is 0.309 e. The molecule has 2 amide bonds. The van der Waals surface area contributed by atoms with Crippen LogP contribution in [0.25, 0.3) is 0 Å². The number of carbonyl (C=O) groups is 2. The maximum Gasteiger partial charge on any atom is 0.259 e. The van der Waals surface area contributed by atoms with Gasteiger partial charge in [0.05, 0.1) is 11.1 Å². The molecule has 1 aromatic rings. The molecule has 0 bridgehead atoms. The van der Waals surface area contributed by atoms with E-state index >= 15 is 0 Å². The zero-order valence-corrected chi connectivity index (χ0v) is 10.1. The van der Waals surface area contributed by atoms with E-state index in [9.17, 15) is 9.59 Å². The number of benzene rings is 1. The van der Waals surface area contributed by atoms with Gasteiger partial charge in [0, 0.05) is 0 Å². The monoisotopic (exact) mass is 232 g/mol. The number of rotatable bonds is 4. The number of nitrogens with one attached hydrogen (secondary N) is 1. The van der Waals surface area contributed by atoms with Gasteiger partial charge in [-0.3, -0.25) is 14.9 Å². The van der Waals surface area contributed by atoms with Crippen molar-refractivity contribution in [3.05, 3.63) is 34.9 Å². The highest BCUT2D eigenvalue weighted by Gasteiger charge is 2.28. The Kier molecular flexibility index (Phi) is 3.24. The summed E-state index contributed by atoms with van der Waals surface area (Å²) in [4.78, 5) is 25.2. The van der Waals surface area contributed by atoms with Crippen molar-refractivity contribution in [1.82, 2.24) is 10.2 Å². The summed E-state index contributed by atoms with van der Waals surface area (Å²) < 4.78 is 0. The Morgan fingerprint density at radius 3 is 2.65 bits per heavy atom. The molecule has 4 nitrogen and oxygen atoms in total. The molecule has 1 aromatic carbocycles. The van der Waals surface area contributed by atoms with E-state index in [1.165, 1.54) is 0 Å². The highest BCUT2D eigenvalue weighted by Crippen LogP contribution is 2.21. The van der Waals surface area contributed by atoms with E-state index in [1.807, 2.05) is 26.2 Å². The van der Waals surface area contributed by atoms with Crippen LogP contribution in [0.3, 0.4) is 0 Å². The lowest BCUT2D eigenvalue weighted by Crippen LogP contribution is -2.20. The second kappa shape index (κ2) is 4.67. The van der Waals surface area contributed by atoms with Gasteiger partial charge in [0.25, 0.3) is 11.8 Å². The highest BCUT2D eigenvalue weighted by molar-refractivity contribution is 6.22. The van der Waals surface area contributed by atoms with Crippen LogP contribution in [0.15, 0.2) is 18.2 Å². The maximum atomic E-state index is 11.7. The van der Waals surface area contributed by atoms with Gasteiger partial charge in [0.1, 0.15) is 0 Å². The third kappa shape index (κ3) is 2.36. The fourth-order valence-electron chi connectivity index (χ4n) is 2.08. The van der Waals surface area contributed by atoms with Crippen LogP contribution in [0.1, 0.15) is 32.7 Å². The lowest BCUT2D eigenvalue weighted by atomic mass is 9.99. The molecule has 0 radical (unpaired) electrons. The molecule has 0 unspecified atom stereocenters. The van der Waals surface area contributed by atoms with Crippen molar-refractivity contribution in [2.24, 2.45) is 0 Å². The molecule has 1 aliphatic heterocycles. The molecule has 0 saturated carbocycles. The lowest BCUT2D eigenvalue weighted by Gasteiger charge is -2.10. The van der Waals surface area contributed by atoms with Crippen LogP contribution < -0.4 is 5.32 Å². The quantitative estimate of drug-likeness (QED) is 0.790. The van der Waals surface area contributed by atoms with Crippen LogP contribution >= 0.6 is 0 Å². The minimum absolute atomic E-state index is 0.259. The van der Waals surface area contributed by atoms with E-state index in [0.717, 1.165) is 24.9 Å². The van der Waals surface area contributed by atoms with Crippen LogP contribution in [0.5, 0.6) is 0 Å². The fourth-order valence-corrected chi connectivity index (χ4v) is 2.08. The van der Waals surface area contributed by atoms with Crippen molar-refractivity contribution < 1.29 is 9.59 Å². The predicted molar refractivity (Wildman–Crippen MR) is 65.1 cm³/mol. The number of imide groups is 1. The first-order valence-electron chi connectivity index (χ1n) is 5.72. The van der Waals surface area contributed by atoms with E-state index in [0.29, 0.717) is 11.1 Å². The van der Waals surface area contributed by atoms with E-state index in [2.05, 4.69) is 10.2 Å². The van der Waals surface area contributed by atoms with Gasteiger partial charge >= 0.3 is 0 Å². The van der Waals surface area contributed by atoms with Gasteiger partial charge in [0.15, 0.2) is 0 Å². The number of hydrogen-bond acceptors (Lipinski definition) is 3. The first-order chi connectivity index (χ1) is 8.09. The Balaban J connectivity index is 2.19. The summed E-state index contributed by atoms with van der Waals surface area (Å²) in [5.41, 5.74) is 2.04. The Hall–Kier alpha value is -1.68. The summed E-state index contributed by atoms with van der Waals surface area (Å²) in [6, 6.07) is 5.46. The number of amides is 2. The summed E-state index contributed by atoms with van der Waals surface area (Å²) in [5, 5.41) is 2.33. The van der Waals surface area contributed by atoms with Crippen LogP contribution in [-0.2, 0) is 6.42 Å². The molecule has 1 aliphatic rings. The molecular formula is C13H16N2O2. The number of nitrogens with zero attached hydrogens (tertiary/aromatic N) is 1. The van der Waals surface area contributed by atoms with Crippen molar-refractivity contribution in [1.29, 1.82) is 0 Å². The van der Waals surface area contributed by atoms with Gasteiger partial charge in [-0.2, -0.15) is 0 Å². The predicted octanol–water partition coefficient (Wildman–Crippen LogP) is 1.06. The second-order valence-corrected chi connectivity index (χ2v) is 4.53. The first-order valence-corrected chi connectivity index (χ1v) is 5.72. The molecular weight excluding hydrogens is 216 g/mol. The van der Waals surface area contributed by atoms with Crippen LogP contribution in [-0.4, -0.2) is 37.4 Å². The Bertz CT molecular complexity index is 466. The van der Waals surface area contributed by atoms with Gasteiger partial charge in [-0.25, -0.2) is 0 Å². The minimum atomic E-state index is -0.278. The standard InChI is InChI=1S/C13H16N2O2/c1-15(2)8-4-6-9-5-3-7-10-11(9)13(17)14-12(10)16/h3,5,7H,4,6,8H2,1-2H3,(H,14,16,17). The summed E-state index contributed by atoms with van der Waals surface area (Å²) >= 11 is 0. The first kappa shape index (κ1) is 11.8. The molecule has 0 spiro atoms. The third-order valence-electron chi connectivity index (χ3n) is 2.90. The van der Waals surface area contributed by atoms with Crippen LogP contribution in [0, 0.1) is 0 Å².